The highest BCUT2D eigenvalue weighted by Gasteiger charge is 2.29. The van der Waals surface area contributed by atoms with Gasteiger partial charge in [0, 0.05) is 61.0 Å². The van der Waals surface area contributed by atoms with Crippen LogP contribution in [0.1, 0.15) is 39.0 Å². The first-order valence-electron chi connectivity index (χ1n) is 14.0. The van der Waals surface area contributed by atoms with Gasteiger partial charge in [-0.3, -0.25) is 14.7 Å². The number of ether oxygens (including phenoxy) is 1. The van der Waals surface area contributed by atoms with Gasteiger partial charge in [-0.05, 0) is 66.3 Å². The first-order chi connectivity index (χ1) is 20.1. The third-order valence-corrected chi connectivity index (χ3v) is 8.01. The summed E-state index contributed by atoms with van der Waals surface area (Å²) in [5.74, 6) is 0.874. The molecule has 1 amide bonds. The van der Waals surface area contributed by atoms with Gasteiger partial charge in [-0.15, -0.1) is 0 Å². The van der Waals surface area contributed by atoms with Crippen LogP contribution in [0.3, 0.4) is 0 Å². The first kappa shape index (κ1) is 26.7. The molecular weight excluding hydrogens is 512 g/mol. The van der Waals surface area contributed by atoms with Crippen LogP contribution in [0, 0.1) is 17.2 Å². The molecule has 1 atom stereocenters. The minimum Gasteiger partial charge on any atom is -0.488 e. The number of amides is 1. The molecule has 0 radical (unpaired) electrons. The Balaban J connectivity index is 1.28. The number of fused-ring (bicyclic) bond motifs is 1. The lowest BCUT2D eigenvalue weighted by atomic mass is 9.98. The van der Waals surface area contributed by atoms with Crippen molar-refractivity contribution < 1.29 is 14.6 Å². The number of likely N-dealkylation sites (tertiary alicyclic amines) is 1. The normalized spacial score (nSPS) is 16.4. The van der Waals surface area contributed by atoms with Gasteiger partial charge in [0.25, 0.3) is 5.91 Å². The zero-order valence-corrected chi connectivity index (χ0v) is 22.9. The number of anilines is 1. The van der Waals surface area contributed by atoms with Crippen molar-refractivity contribution in [3.8, 4) is 22.9 Å². The molecule has 0 bridgehead atoms. The van der Waals surface area contributed by atoms with Gasteiger partial charge in [-0.2, -0.15) is 5.26 Å². The van der Waals surface area contributed by atoms with E-state index < -0.39 is 0 Å². The largest absolute Gasteiger partial charge is 0.488 e. The van der Waals surface area contributed by atoms with Gasteiger partial charge >= 0.3 is 0 Å². The van der Waals surface area contributed by atoms with Gasteiger partial charge in [-0.25, -0.2) is 0 Å². The lowest BCUT2D eigenvalue weighted by Crippen LogP contribution is -2.29. The molecule has 1 aromatic heterocycles. The van der Waals surface area contributed by atoms with E-state index in [1.807, 2.05) is 53.4 Å². The highest BCUT2D eigenvalue weighted by Crippen LogP contribution is 2.37. The highest BCUT2D eigenvalue weighted by molar-refractivity contribution is 6.08. The lowest BCUT2D eigenvalue weighted by Gasteiger charge is -2.21. The summed E-state index contributed by atoms with van der Waals surface area (Å²) in [6.45, 7) is 3.47. The molecule has 0 unspecified atom stereocenters. The fraction of sp³-hybridized carbons (Fsp3) is 0.265. The van der Waals surface area contributed by atoms with Crippen LogP contribution in [0.15, 0.2) is 85.2 Å². The maximum atomic E-state index is 13.9. The number of benzene rings is 3. The molecular formula is C34H32N4O3. The van der Waals surface area contributed by atoms with E-state index in [9.17, 15) is 15.2 Å². The molecule has 1 saturated heterocycles. The Morgan fingerprint density at radius 2 is 1.93 bits per heavy atom. The van der Waals surface area contributed by atoms with Crippen molar-refractivity contribution >= 4 is 11.6 Å². The van der Waals surface area contributed by atoms with Gasteiger partial charge in [0.15, 0.2) is 0 Å². The number of aliphatic hydroxyl groups excluding tert-OH is 1. The summed E-state index contributed by atoms with van der Waals surface area (Å²) in [5, 5.41) is 18.8. The molecule has 4 aromatic rings. The molecule has 3 heterocycles. The fourth-order valence-electron chi connectivity index (χ4n) is 5.88. The molecule has 3 aromatic carbocycles. The molecule has 0 saturated carbocycles. The van der Waals surface area contributed by atoms with E-state index in [0.717, 1.165) is 53.9 Å². The highest BCUT2D eigenvalue weighted by atomic mass is 16.5. The average Bonchev–Trinajstić information content (AvgIpc) is 3.68. The van der Waals surface area contributed by atoms with Crippen molar-refractivity contribution in [1.82, 2.24) is 9.88 Å². The van der Waals surface area contributed by atoms with Gasteiger partial charge < -0.3 is 14.7 Å². The number of carbonyl (C=O) groups is 1. The van der Waals surface area contributed by atoms with Gasteiger partial charge in [0.05, 0.1) is 5.56 Å². The minimum absolute atomic E-state index is 0.0555. The Bertz CT molecular complexity index is 1600. The number of nitrogens with zero attached hydrogens (tertiary/aromatic N) is 4. The average molecular weight is 545 g/mol. The van der Waals surface area contributed by atoms with Crippen LogP contribution < -0.4 is 9.64 Å². The van der Waals surface area contributed by atoms with Gasteiger partial charge in [0.2, 0.25) is 0 Å². The van der Waals surface area contributed by atoms with E-state index in [1.54, 1.807) is 12.3 Å². The number of hydrogen-bond acceptors (Lipinski definition) is 6. The topological polar surface area (TPSA) is 89.7 Å². The summed E-state index contributed by atoms with van der Waals surface area (Å²) in [4.78, 5) is 22.2. The summed E-state index contributed by atoms with van der Waals surface area (Å²) in [6, 6.07) is 26.1. The van der Waals surface area contributed by atoms with Crippen LogP contribution in [0.5, 0.6) is 5.75 Å². The summed E-state index contributed by atoms with van der Waals surface area (Å²) >= 11 is 0. The molecule has 2 aliphatic heterocycles. The second-order valence-electron chi connectivity index (χ2n) is 10.8. The molecule has 7 nitrogen and oxygen atoms in total. The molecule has 0 spiro atoms. The van der Waals surface area contributed by atoms with E-state index in [0.29, 0.717) is 30.0 Å². The van der Waals surface area contributed by atoms with E-state index >= 15 is 0 Å². The number of carbonyl (C=O) groups excluding carboxylic acids is 1. The van der Waals surface area contributed by atoms with E-state index in [2.05, 4.69) is 34.2 Å². The van der Waals surface area contributed by atoms with Crippen molar-refractivity contribution in [2.24, 2.45) is 5.92 Å². The predicted octanol–water partition coefficient (Wildman–Crippen LogP) is 5.22. The Hall–Kier alpha value is -4.51. The maximum absolute atomic E-state index is 13.9. The molecule has 0 aliphatic carbocycles. The summed E-state index contributed by atoms with van der Waals surface area (Å²) < 4.78 is 6.29. The van der Waals surface area contributed by atoms with E-state index in [4.69, 9.17) is 4.74 Å². The Kier molecular flexibility index (Phi) is 7.77. The molecule has 2 aliphatic rings. The van der Waals surface area contributed by atoms with Gasteiger partial charge in [-0.1, -0.05) is 48.5 Å². The van der Waals surface area contributed by atoms with Crippen molar-refractivity contribution in [2.45, 2.75) is 26.0 Å². The third kappa shape index (κ3) is 5.71. The number of nitriles is 1. The zero-order valence-electron chi connectivity index (χ0n) is 22.9. The lowest BCUT2D eigenvalue weighted by molar-refractivity contribution is 0.0989. The number of aliphatic hydroxyl groups is 1. The summed E-state index contributed by atoms with van der Waals surface area (Å²) in [6.07, 6.45) is 4.98. The summed E-state index contributed by atoms with van der Waals surface area (Å²) in [7, 11) is 0. The number of pyridine rings is 1. The molecule has 41 heavy (non-hydrogen) atoms. The monoisotopic (exact) mass is 544 g/mol. The SMILES string of the molecule is N#Cc1cncc(COc2cc(C(=O)N3CCc4c(-c5ccccc5)cccc43)ccc2CN2CC[C@@H](CO)C2)c1. The third-order valence-electron chi connectivity index (χ3n) is 8.01. The van der Waals surface area contributed by atoms with Gasteiger partial charge in [0.1, 0.15) is 18.4 Å². The van der Waals surface area contributed by atoms with Crippen molar-refractivity contribution in [3.05, 3.63) is 113 Å². The van der Waals surface area contributed by atoms with Crippen LogP contribution in [-0.4, -0.2) is 47.1 Å². The maximum Gasteiger partial charge on any atom is 0.258 e. The Labute approximate surface area is 240 Å². The molecule has 1 N–H and O–H groups in total. The van der Waals surface area contributed by atoms with Crippen LogP contribution in [0.4, 0.5) is 5.69 Å². The minimum atomic E-state index is -0.0555. The van der Waals surface area contributed by atoms with E-state index in [-0.39, 0.29) is 25.0 Å². The second kappa shape index (κ2) is 11.9. The van der Waals surface area contributed by atoms with E-state index in [1.165, 1.54) is 11.8 Å². The number of hydrogen-bond donors (Lipinski definition) is 1. The smallest absolute Gasteiger partial charge is 0.258 e. The molecule has 6 rings (SSSR count). The first-order valence-corrected chi connectivity index (χ1v) is 14.0. The van der Waals surface area contributed by atoms with Crippen LogP contribution >= 0.6 is 0 Å². The fourth-order valence-corrected chi connectivity index (χ4v) is 5.88. The summed E-state index contributed by atoms with van der Waals surface area (Å²) in [5.41, 5.74) is 7.28. The number of aromatic nitrogens is 1. The van der Waals surface area contributed by atoms with Crippen molar-refractivity contribution in [3.63, 3.8) is 0 Å². The molecule has 1 fully saturated rings. The zero-order chi connectivity index (χ0) is 28.2. The van der Waals surface area contributed by atoms with Crippen LogP contribution in [0.2, 0.25) is 0 Å². The van der Waals surface area contributed by atoms with Crippen LogP contribution in [0.25, 0.3) is 11.1 Å². The molecule has 7 heteroatoms. The standard InChI is InChI=1S/C34H32N4O3/c35-17-25-15-26(19-36-18-25)23-41-33-16-28(9-10-29(33)21-37-13-11-24(20-37)22-39)34(40)38-14-12-31-30(7-4-8-32(31)38)27-5-2-1-3-6-27/h1-10,15-16,18-19,24,39H,11-14,20-23H2/t24-/m1/s1. The van der Waals surface area contributed by atoms with Crippen molar-refractivity contribution in [1.29, 1.82) is 5.26 Å². The number of rotatable bonds is 8. The quantitative estimate of drug-likeness (QED) is 0.327. The van der Waals surface area contributed by atoms with Crippen molar-refractivity contribution in [2.75, 3.05) is 31.1 Å². The predicted molar refractivity (Wildman–Crippen MR) is 157 cm³/mol. The second-order valence-corrected chi connectivity index (χ2v) is 10.8. The van der Waals surface area contributed by atoms with Crippen LogP contribution in [-0.2, 0) is 19.6 Å². The molecule has 206 valence electrons. The Morgan fingerprint density at radius 3 is 2.73 bits per heavy atom. The Morgan fingerprint density at radius 1 is 1.05 bits per heavy atom.